The summed E-state index contributed by atoms with van der Waals surface area (Å²) in [6, 6.07) is 13.0. The van der Waals surface area contributed by atoms with E-state index in [-0.39, 0.29) is 11.7 Å². The van der Waals surface area contributed by atoms with Crippen LogP contribution in [-0.4, -0.2) is 60.1 Å². The van der Waals surface area contributed by atoms with E-state index in [4.69, 9.17) is 29.4 Å². The molecule has 180 valence electrons. The van der Waals surface area contributed by atoms with Crippen LogP contribution in [0.15, 0.2) is 47.5 Å². The molecule has 0 aliphatic heterocycles. The lowest BCUT2D eigenvalue weighted by Crippen LogP contribution is -2.79. The van der Waals surface area contributed by atoms with Gasteiger partial charge < -0.3 is 16.6 Å². The number of carbonyl (C=O) groups excluding carboxylic acids is 1. The Morgan fingerprint density at radius 1 is 1.09 bits per heavy atom. The molecule has 1 aliphatic rings. The highest BCUT2D eigenvalue weighted by Crippen LogP contribution is 2.28. The third-order valence-corrected chi connectivity index (χ3v) is 5.81. The monoisotopic (exact) mass is 482 g/mol. The molecule has 10 N–H and O–H groups in total. The molecule has 0 aromatic heterocycles. The summed E-state index contributed by atoms with van der Waals surface area (Å²) in [6.45, 7) is 2.25. The van der Waals surface area contributed by atoms with Crippen molar-refractivity contribution in [1.82, 2.24) is 10.6 Å². The van der Waals surface area contributed by atoms with Gasteiger partial charge in [0.05, 0.1) is 11.4 Å². The van der Waals surface area contributed by atoms with Gasteiger partial charge in [0, 0.05) is 41.8 Å². The van der Waals surface area contributed by atoms with Crippen LogP contribution in [0.2, 0.25) is 0 Å². The third-order valence-electron chi connectivity index (χ3n) is 5.37. The third kappa shape index (κ3) is 6.67. The molecule has 0 heterocycles. The molecule has 2 aromatic carbocycles. The van der Waals surface area contributed by atoms with Crippen LogP contribution in [0.3, 0.4) is 0 Å². The van der Waals surface area contributed by atoms with E-state index in [9.17, 15) is 9.90 Å². The molecule has 0 fully saturated rings. The first-order valence-corrected chi connectivity index (χ1v) is 11.7. The molecule has 10 heteroatoms. The number of benzene rings is 2. The predicted molar refractivity (Wildman–Crippen MR) is 138 cm³/mol. The lowest BCUT2D eigenvalue weighted by atomic mass is 9.84. The molecular weight excluding hydrogens is 450 g/mol. The SMILES string of the molecule is NCCCN=C(N)NC(N)=[NH+]CCCNC(O)Cc1ccc2c(c1)C(=O)c1ccccc1C2=S. The second-order valence-electron chi connectivity index (χ2n) is 7.99. The largest absolute Gasteiger partial charge is 0.378 e. The molecule has 3 rings (SSSR count). The topological polar surface area (TPSA) is 166 Å². The Kier molecular flexibility index (Phi) is 9.23. The van der Waals surface area contributed by atoms with Crippen molar-refractivity contribution < 1.29 is 14.9 Å². The van der Waals surface area contributed by atoms with Crippen LogP contribution < -0.4 is 32.8 Å². The summed E-state index contributed by atoms with van der Waals surface area (Å²) in [5.41, 5.74) is 20.6. The lowest BCUT2D eigenvalue weighted by molar-refractivity contribution is -0.460. The maximum Gasteiger partial charge on any atom is 0.348 e. The summed E-state index contributed by atoms with van der Waals surface area (Å²) >= 11 is 5.59. The van der Waals surface area contributed by atoms with Crippen molar-refractivity contribution in [3.63, 3.8) is 0 Å². The smallest absolute Gasteiger partial charge is 0.348 e. The first-order valence-electron chi connectivity index (χ1n) is 11.3. The number of guanidine groups is 2. The van der Waals surface area contributed by atoms with E-state index in [1.807, 2.05) is 36.4 Å². The summed E-state index contributed by atoms with van der Waals surface area (Å²) in [5.74, 6) is 0.509. The van der Waals surface area contributed by atoms with Gasteiger partial charge in [0.25, 0.3) is 5.96 Å². The van der Waals surface area contributed by atoms with Crippen molar-refractivity contribution in [2.75, 3.05) is 26.2 Å². The molecule has 9 nitrogen and oxygen atoms in total. The number of nitrogens with two attached hydrogens (primary N) is 3. The summed E-state index contributed by atoms with van der Waals surface area (Å²) in [6.07, 6.45) is 1.10. The zero-order valence-corrected chi connectivity index (χ0v) is 19.8. The molecule has 0 spiro atoms. The van der Waals surface area contributed by atoms with Crippen LogP contribution in [0.25, 0.3) is 0 Å². The number of hydrogen-bond acceptors (Lipinski definition) is 6. The minimum absolute atomic E-state index is 0.0397. The first kappa shape index (κ1) is 25.4. The van der Waals surface area contributed by atoms with E-state index < -0.39 is 6.23 Å². The molecule has 1 unspecified atom stereocenters. The van der Waals surface area contributed by atoms with Gasteiger partial charge in [-0.2, -0.15) is 0 Å². The number of nitrogens with one attached hydrogen (secondary N) is 3. The molecule has 0 bridgehead atoms. The Hall–Kier alpha value is -3.18. The van der Waals surface area contributed by atoms with Gasteiger partial charge in [-0.25, -0.2) is 10.3 Å². The van der Waals surface area contributed by atoms with Gasteiger partial charge in [-0.15, -0.1) is 0 Å². The quantitative estimate of drug-likeness (QED) is 0.0602. The van der Waals surface area contributed by atoms with E-state index in [1.165, 1.54) is 0 Å². The van der Waals surface area contributed by atoms with Crippen molar-refractivity contribution in [2.45, 2.75) is 25.5 Å². The van der Waals surface area contributed by atoms with Crippen LogP contribution in [0.4, 0.5) is 0 Å². The fraction of sp³-hybridized carbons (Fsp3) is 0.333. The van der Waals surface area contributed by atoms with Gasteiger partial charge in [-0.1, -0.05) is 48.6 Å². The summed E-state index contributed by atoms with van der Waals surface area (Å²) in [4.78, 5) is 20.7. The van der Waals surface area contributed by atoms with Gasteiger partial charge >= 0.3 is 5.96 Å². The van der Waals surface area contributed by atoms with Crippen molar-refractivity contribution in [3.05, 3.63) is 70.3 Å². The second kappa shape index (κ2) is 12.3. The molecule has 0 amide bonds. The van der Waals surface area contributed by atoms with E-state index in [1.54, 1.807) is 6.07 Å². The summed E-state index contributed by atoms with van der Waals surface area (Å²) in [7, 11) is 0. The minimum atomic E-state index is -0.749. The maximum absolute atomic E-state index is 12.9. The Bertz CT molecular complexity index is 1100. The van der Waals surface area contributed by atoms with E-state index >= 15 is 0 Å². The van der Waals surface area contributed by atoms with Crippen LogP contribution >= 0.6 is 12.2 Å². The Balaban J connectivity index is 1.46. The van der Waals surface area contributed by atoms with Crippen LogP contribution in [0.5, 0.6) is 0 Å². The van der Waals surface area contributed by atoms with Gasteiger partial charge in [-0.05, 0) is 31.0 Å². The Morgan fingerprint density at radius 2 is 1.82 bits per heavy atom. The average molecular weight is 483 g/mol. The molecule has 0 saturated heterocycles. The standard InChI is InChI=1S/C24H31N7O2S/c25-9-3-10-29-23(26)31-24(27)30-12-4-11-28-20(32)14-15-7-8-18-19(13-15)21(33)16-5-1-2-6-17(16)22(18)34/h1-2,5-8,13,20,28,32H,3-4,9-12,14,25H2,(H5,26,27,29,30,31)/p+1. The van der Waals surface area contributed by atoms with Gasteiger partial charge in [0.2, 0.25) is 0 Å². The number of aliphatic imine (C=N–C) groups is 1. The highest BCUT2D eigenvalue weighted by Gasteiger charge is 2.27. The van der Waals surface area contributed by atoms with E-state index in [0.29, 0.717) is 54.6 Å². The van der Waals surface area contributed by atoms with Crippen molar-refractivity contribution in [1.29, 1.82) is 0 Å². The number of nitrogens with zero attached hydrogens (tertiary/aromatic N) is 1. The zero-order valence-electron chi connectivity index (χ0n) is 19.0. The molecular formula is C24H32N7O2S+. The van der Waals surface area contributed by atoms with Crippen molar-refractivity contribution in [3.8, 4) is 0 Å². The number of fused-ring (bicyclic) bond motifs is 2. The van der Waals surface area contributed by atoms with E-state index in [0.717, 1.165) is 29.5 Å². The van der Waals surface area contributed by atoms with Crippen LogP contribution in [0.1, 0.15) is 45.5 Å². The summed E-state index contributed by atoms with van der Waals surface area (Å²) in [5, 5.41) is 16.2. The highest BCUT2D eigenvalue weighted by molar-refractivity contribution is 7.81. The molecule has 1 atom stereocenters. The predicted octanol–water partition coefficient (Wildman–Crippen LogP) is -1.51. The molecule has 34 heavy (non-hydrogen) atoms. The van der Waals surface area contributed by atoms with Gasteiger partial charge in [0.15, 0.2) is 5.78 Å². The Morgan fingerprint density at radius 3 is 2.59 bits per heavy atom. The highest BCUT2D eigenvalue weighted by atomic mass is 32.1. The van der Waals surface area contributed by atoms with Crippen LogP contribution in [-0.2, 0) is 6.42 Å². The van der Waals surface area contributed by atoms with Gasteiger partial charge in [0.1, 0.15) is 6.23 Å². The normalized spacial score (nSPS) is 14.5. The number of aliphatic hydroxyl groups is 1. The van der Waals surface area contributed by atoms with Crippen LogP contribution in [0, 0.1) is 0 Å². The fourth-order valence-electron chi connectivity index (χ4n) is 3.66. The number of hydrogen-bond donors (Lipinski definition) is 7. The Labute approximate surface area is 204 Å². The molecule has 1 aliphatic carbocycles. The maximum atomic E-state index is 12.9. The first-order chi connectivity index (χ1) is 16.4. The van der Waals surface area contributed by atoms with Crippen molar-refractivity contribution >= 4 is 34.8 Å². The average Bonchev–Trinajstić information content (AvgIpc) is 2.82. The second-order valence-corrected chi connectivity index (χ2v) is 8.39. The number of rotatable bonds is 10. The van der Waals surface area contributed by atoms with Gasteiger partial charge in [-0.3, -0.25) is 20.8 Å². The van der Waals surface area contributed by atoms with Crippen molar-refractivity contribution in [2.24, 2.45) is 22.2 Å². The number of thiocarbonyl (C=S) groups is 1. The zero-order chi connectivity index (χ0) is 24.5. The lowest BCUT2D eigenvalue weighted by Gasteiger charge is -2.20. The number of carbonyl (C=O) groups is 1. The number of aliphatic hydroxyl groups excluding tert-OH is 1. The molecule has 0 saturated carbocycles. The summed E-state index contributed by atoms with van der Waals surface area (Å²) < 4.78 is 0. The molecule has 0 radical (unpaired) electrons. The minimum Gasteiger partial charge on any atom is -0.378 e. The molecule has 2 aromatic rings. The van der Waals surface area contributed by atoms with E-state index in [2.05, 4.69) is 20.6 Å². The fourth-order valence-corrected chi connectivity index (χ4v) is 4.02. The number of ketones is 1.